The molecule has 0 saturated carbocycles. The summed E-state index contributed by atoms with van der Waals surface area (Å²) in [6, 6.07) is 9.45. The zero-order valence-corrected chi connectivity index (χ0v) is 11.7. The van der Waals surface area contributed by atoms with Crippen LogP contribution >= 0.6 is 22.9 Å². The highest BCUT2D eigenvalue weighted by Gasteiger charge is 2.14. The van der Waals surface area contributed by atoms with Crippen LogP contribution in [-0.2, 0) is 4.79 Å². The van der Waals surface area contributed by atoms with E-state index in [1.54, 1.807) is 0 Å². The summed E-state index contributed by atoms with van der Waals surface area (Å²) in [6.07, 6.45) is -0.235. The molecule has 2 aromatic rings. The van der Waals surface area contributed by atoms with Crippen molar-refractivity contribution < 1.29 is 9.53 Å². The number of nitrogens with one attached hydrogen (secondary N) is 1. The van der Waals surface area contributed by atoms with E-state index >= 15 is 0 Å². The van der Waals surface area contributed by atoms with Crippen molar-refractivity contribution in [1.82, 2.24) is 10.2 Å². The topological polar surface area (TPSA) is 64.1 Å². The van der Waals surface area contributed by atoms with Crippen molar-refractivity contribution in [2.45, 2.75) is 13.0 Å². The zero-order valence-electron chi connectivity index (χ0n) is 10.2. The van der Waals surface area contributed by atoms with Crippen LogP contribution in [0.1, 0.15) is 18.0 Å². The Kier molecular flexibility index (Phi) is 4.70. The summed E-state index contributed by atoms with van der Waals surface area (Å²) in [5, 5.41) is 11.5. The van der Waals surface area contributed by atoms with E-state index < -0.39 is 0 Å². The molecular formula is C12H12ClN3O2S. The van der Waals surface area contributed by atoms with Crippen LogP contribution in [0.5, 0.6) is 5.75 Å². The molecule has 0 aliphatic carbocycles. The lowest BCUT2D eigenvalue weighted by Crippen LogP contribution is -2.12. The normalized spacial score (nSPS) is 11.9. The molecule has 1 amide bonds. The van der Waals surface area contributed by atoms with Gasteiger partial charge in [0, 0.05) is 0 Å². The minimum atomic E-state index is -0.305. The highest BCUT2D eigenvalue weighted by molar-refractivity contribution is 7.15. The van der Waals surface area contributed by atoms with Crippen LogP contribution in [0.2, 0.25) is 0 Å². The molecule has 1 atom stereocenters. The summed E-state index contributed by atoms with van der Waals surface area (Å²) in [5.41, 5.74) is 0. The number of para-hydroxylation sites is 1. The highest BCUT2D eigenvalue weighted by Crippen LogP contribution is 2.25. The fourth-order valence-corrected chi connectivity index (χ4v) is 2.16. The molecule has 1 N–H and O–H groups in total. The summed E-state index contributed by atoms with van der Waals surface area (Å²) in [5.74, 6) is 0.350. The van der Waals surface area contributed by atoms with Crippen LogP contribution in [0.15, 0.2) is 30.3 Å². The van der Waals surface area contributed by atoms with E-state index in [1.165, 1.54) is 11.3 Å². The number of carbonyl (C=O) groups excluding carboxylic acids is 1. The average Bonchev–Trinajstić information content (AvgIpc) is 2.88. The van der Waals surface area contributed by atoms with Gasteiger partial charge in [0.15, 0.2) is 5.01 Å². The van der Waals surface area contributed by atoms with Gasteiger partial charge in [0.05, 0.1) is 0 Å². The van der Waals surface area contributed by atoms with Gasteiger partial charge in [-0.15, -0.1) is 21.8 Å². The van der Waals surface area contributed by atoms with Gasteiger partial charge in [-0.2, -0.15) is 0 Å². The quantitative estimate of drug-likeness (QED) is 0.862. The molecule has 0 radical (unpaired) electrons. The van der Waals surface area contributed by atoms with Crippen LogP contribution in [0.25, 0.3) is 0 Å². The highest BCUT2D eigenvalue weighted by atomic mass is 35.5. The Labute approximate surface area is 119 Å². The summed E-state index contributed by atoms with van der Waals surface area (Å²) in [7, 11) is 0. The number of amides is 1. The molecule has 0 saturated heterocycles. The first kappa shape index (κ1) is 13.8. The lowest BCUT2D eigenvalue weighted by atomic mass is 10.3. The molecule has 100 valence electrons. The van der Waals surface area contributed by atoms with Crippen molar-refractivity contribution in [2.75, 3.05) is 11.2 Å². The molecule has 0 aliphatic rings. The summed E-state index contributed by atoms with van der Waals surface area (Å²) in [6.45, 7) is 1.88. The third-order valence-electron chi connectivity index (χ3n) is 2.21. The van der Waals surface area contributed by atoms with Crippen LogP contribution in [0.3, 0.4) is 0 Å². The van der Waals surface area contributed by atoms with Gasteiger partial charge in [0.1, 0.15) is 17.7 Å². The zero-order chi connectivity index (χ0) is 13.7. The van der Waals surface area contributed by atoms with Crippen molar-refractivity contribution in [1.29, 1.82) is 0 Å². The Morgan fingerprint density at radius 1 is 1.42 bits per heavy atom. The SMILES string of the molecule is CC(Oc1ccccc1)c1nnc(NC(=O)CCl)s1. The Morgan fingerprint density at radius 3 is 2.84 bits per heavy atom. The number of ether oxygens (including phenoxy) is 1. The van der Waals surface area contributed by atoms with Crippen molar-refractivity contribution in [3.8, 4) is 5.75 Å². The second-order valence-electron chi connectivity index (χ2n) is 3.70. The minimum Gasteiger partial charge on any atom is -0.483 e. The Hall–Kier alpha value is -1.66. The minimum absolute atomic E-state index is 0.106. The molecule has 1 heterocycles. The number of hydrogen-bond donors (Lipinski definition) is 1. The first-order valence-corrected chi connectivity index (χ1v) is 6.95. The number of carbonyl (C=O) groups is 1. The molecule has 0 aliphatic heterocycles. The maximum atomic E-state index is 11.1. The van der Waals surface area contributed by atoms with Gasteiger partial charge >= 0.3 is 0 Å². The summed E-state index contributed by atoms with van der Waals surface area (Å²) >= 11 is 6.66. The number of alkyl halides is 1. The van der Waals surface area contributed by atoms with Crippen molar-refractivity contribution in [2.24, 2.45) is 0 Å². The van der Waals surface area contributed by atoms with Gasteiger partial charge in [-0.25, -0.2) is 0 Å². The Morgan fingerprint density at radius 2 is 2.16 bits per heavy atom. The number of anilines is 1. The third kappa shape index (κ3) is 3.90. The molecule has 1 aromatic heterocycles. The van der Waals surface area contributed by atoms with Crippen LogP contribution in [0.4, 0.5) is 5.13 Å². The Balaban J connectivity index is 2.00. The van der Waals surface area contributed by atoms with Crippen LogP contribution in [0, 0.1) is 0 Å². The molecule has 1 unspecified atom stereocenters. The molecule has 1 aromatic carbocycles. The molecule has 5 nitrogen and oxygen atoms in total. The summed E-state index contributed by atoms with van der Waals surface area (Å²) < 4.78 is 5.71. The van der Waals surface area contributed by atoms with E-state index in [9.17, 15) is 4.79 Å². The lowest BCUT2D eigenvalue weighted by molar-refractivity contribution is -0.113. The fraction of sp³-hybridized carbons (Fsp3) is 0.250. The number of rotatable bonds is 5. The molecule has 0 fully saturated rings. The monoisotopic (exact) mass is 297 g/mol. The van der Waals surface area contributed by atoms with E-state index in [0.29, 0.717) is 10.1 Å². The maximum Gasteiger partial charge on any atom is 0.241 e. The molecule has 2 rings (SSSR count). The molecule has 0 spiro atoms. The van der Waals surface area contributed by atoms with Gasteiger partial charge in [-0.3, -0.25) is 10.1 Å². The van der Waals surface area contributed by atoms with E-state index in [4.69, 9.17) is 16.3 Å². The molecular weight excluding hydrogens is 286 g/mol. The van der Waals surface area contributed by atoms with Crippen molar-refractivity contribution in [3.05, 3.63) is 35.3 Å². The number of halogens is 1. The standard InChI is InChI=1S/C12H12ClN3O2S/c1-8(18-9-5-3-2-4-6-9)11-15-16-12(19-11)14-10(17)7-13/h2-6,8H,7H2,1H3,(H,14,16,17). The maximum absolute atomic E-state index is 11.1. The van der Waals surface area contributed by atoms with Crippen LogP contribution in [-0.4, -0.2) is 22.0 Å². The predicted octanol–water partition coefficient (Wildman–Crippen LogP) is 2.86. The number of aromatic nitrogens is 2. The number of hydrogen-bond acceptors (Lipinski definition) is 5. The van der Waals surface area contributed by atoms with Crippen LogP contribution < -0.4 is 10.1 Å². The first-order valence-electron chi connectivity index (χ1n) is 5.60. The van der Waals surface area contributed by atoms with Gasteiger partial charge in [0.25, 0.3) is 0 Å². The van der Waals surface area contributed by atoms with Gasteiger partial charge < -0.3 is 4.74 Å². The molecule has 0 bridgehead atoms. The van der Waals surface area contributed by atoms with Gasteiger partial charge in [-0.1, -0.05) is 29.5 Å². The fourth-order valence-electron chi connectivity index (χ4n) is 1.36. The Bertz CT molecular complexity index is 547. The second-order valence-corrected chi connectivity index (χ2v) is 4.98. The van der Waals surface area contributed by atoms with E-state index in [2.05, 4.69) is 15.5 Å². The number of nitrogens with zero attached hydrogens (tertiary/aromatic N) is 2. The summed E-state index contributed by atoms with van der Waals surface area (Å²) in [4.78, 5) is 11.1. The third-order valence-corrected chi connectivity index (χ3v) is 3.45. The molecule has 19 heavy (non-hydrogen) atoms. The largest absolute Gasteiger partial charge is 0.483 e. The van der Waals surface area contributed by atoms with Gasteiger partial charge in [0.2, 0.25) is 11.0 Å². The average molecular weight is 298 g/mol. The van der Waals surface area contributed by atoms with Gasteiger partial charge in [-0.05, 0) is 19.1 Å². The first-order chi connectivity index (χ1) is 9.19. The van der Waals surface area contributed by atoms with E-state index in [1.807, 2.05) is 37.3 Å². The van der Waals surface area contributed by atoms with Crippen molar-refractivity contribution >= 4 is 34.0 Å². The lowest BCUT2D eigenvalue weighted by Gasteiger charge is -2.10. The number of benzene rings is 1. The predicted molar refractivity (Wildman–Crippen MR) is 74.7 cm³/mol. The smallest absolute Gasteiger partial charge is 0.241 e. The van der Waals surface area contributed by atoms with E-state index in [0.717, 1.165) is 5.75 Å². The second kappa shape index (κ2) is 6.49. The molecule has 7 heteroatoms. The van der Waals surface area contributed by atoms with E-state index in [-0.39, 0.29) is 17.9 Å². The van der Waals surface area contributed by atoms with Crippen molar-refractivity contribution in [3.63, 3.8) is 0 Å².